The number of amides is 1. The number of methoxy groups -OCH3 is 1. The van der Waals surface area contributed by atoms with Gasteiger partial charge in [0, 0.05) is 18.7 Å². The van der Waals surface area contributed by atoms with Gasteiger partial charge in [-0.05, 0) is 25.1 Å². The van der Waals surface area contributed by atoms with E-state index in [9.17, 15) is 9.18 Å². The highest BCUT2D eigenvalue weighted by atomic mass is 19.1. The summed E-state index contributed by atoms with van der Waals surface area (Å²) in [5, 5.41) is 2.64. The Labute approximate surface area is 112 Å². The van der Waals surface area contributed by atoms with Gasteiger partial charge in [-0.3, -0.25) is 4.79 Å². The van der Waals surface area contributed by atoms with Crippen molar-refractivity contribution in [3.05, 3.63) is 35.1 Å². The molecule has 5 heteroatoms. The Kier molecular flexibility index (Phi) is 6.00. The second-order valence-corrected chi connectivity index (χ2v) is 4.03. The molecule has 1 rings (SSSR count). The summed E-state index contributed by atoms with van der Waals surface area (Å²) in [6, 6.07) is 3.94. The van der Waals surface area contributed by atoms with Crippen molar-refractivity contribution in [2.45, 2.75) is 13.0 Å². The summed E-state index contributed by atoms with van der Waals surface area (Å²) in [7, 11) is 1.53. The van der Waals surface area contributed by atoms with Gasteiger partial charge in [0.2, 0.25) is 0 Å². The van der Waals surface area contributed by atoms with Gasteiger partial charge in [0.05, 0.1) is 18.7 Å². The van der Waals surface area contributed by atoms with Crippen molar-refractivity contribution in [1.82, 2.24) is 5.32 Å². The molecular weight excluding hydrogens is 247 g/mol. The van der Waals surface area contributed by atoms with Crippen LogP contribution in [0.2, 0.25) is 0 Å². The molecule has 1 unspecified atom stereocenters. The van der Waals surface area contributed by atoms with Crippen LogP contribution in [0.1, 0.15) is 22.8 Å². The van der Waals surface area contributed by atoms with Crippen LogP contribution < -0.4 is 11.1 Å². The van der Waals surface area contributed by atoms with E-state index in [2.05, 4.69) is 17.2 Å². The van der Waals surface area contributed by atoms with Crippen LogP contribution in [-0.4, -0.2) is 32.2 Å². The lowest BCUT2D eigenvalue weighted by atomic mass is 10.1. The summed E-state index contributed by atoms with van der Waals surface area (Å²) in [6.45, 7) is 2.35. The number of hydrogen-bond donors (Lipinski definition) is 2. The molecule has 0 fully saturated rings. The molecule has 1 aromatic carbocycles. The minimum atomic E-state index is -0.583. The van der Waals surface area contributed by atoms with E-state index in [0.717, 1.165) is 0 Å². The van der Waals surface area contributed by atoms with Gasteiger partial charge < -0.3 is 15.8 Å². The van der Waals surface area contributed by atoms with E-state index in [1.54, 1.807) is 6.92 Å². The number of halogens is 1. The molecule has 0 aromatic heterocycles. The maximum atomic E-state index is 13.6. The van der Waals surface area contributed by atoms with Crippen LogP contribution in [-0.2, 0) is 4.74 Å². The van der Waals surface area contributed by atoms with Crippen molar-refractivity contribution in [3.8, 4) is 11.8 Å². The first kappa shape index (κ1) is 15.2. The number of ether oxygens (including phenoxy) is 1. The molecule has 0 saturated carbocycles. The molecule has 0 bridgehead atoms. The van der Waals surface area contributed by atoms with E-state index < -0.39 is 11.7 Å². The third kappa shape index (κ3) is 4.70. The Hall–Kier alpha value is -1.90. The van der Waals surface area contributed by atoms with Gasteiger partial charge in [0.25, 0.3) is 5.91 Å². The fourth-order valence-electron chi connectivity index (χ4n) is 1.52. The summed E-state index contributed by atoms with van der Waals surface area (Å²) in [4.78, 5) is 11.9. The van der Waals surface area contributed by atoms with Crippen molar-refractivity contribution in [3.63, 3.8) is 0 Å². The van der Waals surface area contributed by atoms with Crippen molar-refractivity contribution in [2.24, 2.45) is 5.73 Å². The fraction of sp³-hybridized carbons (Fsp3) is 0.357. The van der Waals surface area contributed by atoms with Crippen LogP contribution in [0.15, 0.2) is 18.2 Å². The molecule has 4 nitrogen and oxygen atoms in total. The van der Waals surface area contributed by atoms with Crippen molar-refractivity contribution < 1.29 is 13.9 Å². The third-order valence-electron chi connectivity index (χ3n) is 2.34. The van der Waals surface area contributed by atoms with Gasteiger partial charge in [-0.15, -0.1) is 0 Å². The molecule has 0 aliphatic carbocycles. The highest BCUT2D eigenvalue weighted by molar-refractivity contribution is 5.95. The predicted molar refractivity (Wildman–Crippen MR) is 71.1 cm³/mol. The zero-order valence-corrected chi connectivity index (χ0v) is 11.0. The Morgan fingerprint density at radius 1 is 1.58 bits per heavy atom. The van der Waals surface area contributed by atoms with E-state index in [4.69, 9.17) is 10.5 Å². The molecule has 19 heavy (non-hydrogen) atoms. The lowest BCUT2D eigenvalue weighted by molar-refractivity contribution is 0.0901. The SMILES string of the molecule is COCC(C)NC(=O)c1cc(C#CCN)ccc1F. The van der Waals surface area contributed by atoms with Crippen LogP contribution in [0.25, 0.3) is 0 Å². The number of nitrogens with two attached hydrogens (primary N) is 1. The molecule has 0 aliphatic heterocycles. The highest BCUT2D eigenvalue weighted by Crippen LogP contribution is 2.10. The van der Waals surface area contributed by atoms with Crippen LogP contribution >= 0.6 is 0 Å². The molecule has 0 aliphatic rings. The third-order valence-corrected chi connectivity index (χ3v) is 2.34. The zero-order chi connectivity index (χ0) is 14.3. The van der Waals surface area contributed by atoms with E-state index in [1.807, 2.05) is 0 Å². The molecule has 0 radical (unpaired) electrons. The average molecular weight is 264 g/mol. The van der Waals surface area contributed by atoms with E-state index >= 15 is 0 Å². The standard InChI is InChI=1S/C14H17FN2O2/c1-10(9-19-2)17-14(18)12-8-11(4-3-7-16)5-6-13(12)15/h5-6,8,10H,7,9,16H2,1-2H3,(H,17,18). The lowest BCUT2D eigenvalue weighted by Crippen LogP contribution is -2.36. The van der Waals surface area contributed by atoms with Crippen LogP contribution in [0.5, 0.6) is 0 Å². The molecule has 1 aromatic rings. The van der Waals surface area contributed by atoms with Crippen molar-refractivity contribution in [1.29, 1.82) is 0 Å². The Balaban J connectivity index is 2.89. The van der Waals surface area contributed by atoms with Crippen LogP contribution in [0, 0.1) is 17.7 Å². The Bertz CT molecular complexity index is 506. The van der Waals surface area contributed by atoms with Gasteiger partial charge >= 0.3 is 0 Å². The van der Waals surface area contributed by atoms with Gasteiger partial charge in [0.1, 0.15) is 5.82 Å². The number of carbonyl (C=O) groups excluding carboxylic acids is 1. The maximum absolute atomic E-state index is 13.6. The largest absolute Gasteiger partial charge is 0.383 e. The summed E-state index contributed by atoms with van der Waals surface area (Å²) in [5.74, 6) is 4.34. The quantitative estimate of drug-likeness (QED) is 0.794. The average Bonchev–Trinajstić information content (AvgIpc) is 2.37. The van der Waals surface area contributed by atoms with Crippen molar-refractivity contribution >= 4 is 5.91 Å². The van der Waals surface area contributed by atoms with Crippen LogP contribution in [0.4, 0.5) is 4.39 Å². The molecule has 0 heterocycles. The Morgan fingerprint density at radius 3 is 2.95 bits per heavy atom. The molecule has 0 spiro atoms. The number of nitrogens with one attached hydrogen (secondary N) is 1. The first-order valence-corrected chi connectivity index (χ1v) is 5.86. The van der Waals surface area contributed by atoms with Gasteiger partial charge in [-0.2, -0.15) is 0 Å². The topological polar surface area (TPSA) is 64.3 Å². The summed E-state index contributed by atoms with van der Waals surface area (Å²) in [6.07, 6.45) is 0. The molecule has 1 amide bonds. The summed E-state index contributed by atoms with van der Waals surface area (Å²) in [5.41, 5.74) is 5.78. The number of rotatable bonds is 4. The highest BCUT2D eigenvalue weighted by Gasteiger charge is 2.14. The smallest absolute Gasteiger partial charge is 0.254 e. The molecule has 1 atom stereocenters. The predicted octanol–water partition coefficient (Wildman–Crippen LogP) is 0.901. The number of benzene rings is 1. The lowest BCUT2D eigenvalue weighted by Gasteiger charge is -2.13. The molecule has 0 saturated heterocycles. The van der Waals surface area contributed by atoms with E-state index in [-0.39, 0.29) is 18.2 Å². The second kappa shape index (κ2) is 7.52. The molecule has 102 valence electrons. The number of hydrogen-bond acceptors (Lipinski definition) is 3. The zero-order valence-electron chi connectivity index (χ0n) is 11.0. The van der Waals surface area contributed by atoms with E-state index in [1.165, 1.54) is 25.3 Å². The van der Waals surface area contributed by atoms with Crippen molar-refractivity contribution in [2.75, 3.05) is 20.3 Å². The fourth-order valence-corrected chi connectivity index (χ4v) is 1.52. The van der Waals surface area contributed by atoms with E-state index in [0.29, 0.717) is 12.2 Å². The van der Waals surface area contributed by atoms with Crippen LogP contribution in [0.3, 0.4) is 0 Å². The number of carbonyl (C=O) groups is 1. The molecular formula is C14H17FN2O2. The summed E-state index contributed by atoms with van der Waals surface area (Å²) < 4.78 is 18.5. The van der Waals surface area contributed by atoms with Gasteiger partial charge in [-0.25, -0.2) is 4.39 Å². The second-order valence-electron chi connectivity index (χ2n) is 4.03. The first-order chi connectivity index (χ1) is 9.08. The summed E-state index contributed by atoms with van der Waals surface area (Å²) >= 11 is 0. The molecule has 3 N–H and O–H groups in total. The van der Waals surface area contributed by atoms with Gasteiger partial charge in [-0.1, -0.05) is 11.8 Å². The Morgan fingerprint density at radius 2 is 2.32 bits per heavy atom. The minimum Gasteiger partial charge on any atom is -0.383 e. The van der Waals surface area contributed by atoms with Gasteiger partial charge in [0.15, 0.2) is 0 Å². The first-order valence-electron chi connectivity index (χ1n) is 5.86. The monoisotopic (exact) mass is 264 g/mol. The minimum absolute atomic E-state index is 0.0354. The maximum Gasteiger partial charge on any atom is 0.254 e. The normalized spacial score (nSPS) is 11.4.